The molecule has 1 rings (SSSR count). The summed E-state index contributed by atoms with van der Waals surface area (Å²) >= 11 is 0. The second-order valence-electron chi connectivity index (χ2n) is 3.19. The molecule has 0 aliphatic carbocycles. The Balaban J connectivity index is 2.63. The van der Waals surface area contributed by atoms with Crippen molar-refractivity contribution in [1.29, 1.82) is 0 Å². The minimum absolute atomic E-state index is 0.0333. The number of esters is 1. The van der Waals surface area contributed by atoms with Gasteiger partial charge < -0.3 is 24.8 Å². The van der Waals surface area contributed by atoms with Gasteiger partial charge in [0, 0.05) is 13.3 Å². The largest absolute Gasteiger partial charge is 0.457 e. The Labute approximate surface area is 81.1 Å². The van der Waals surface area contributed by atoms with E-state index >= 15 is 0 Å². The van der Waals surface area contributed by atoms with Crippen molar-refractivity contribution in [1.82, 2.24) is 0 Å². The molecule has 0 amide bonds. The van der Waals surface area contributed by atoms with Gasteiger partial charge in [0.15, 0.2) is 12.4 Å². The van der Waals surface area contributed by atoms with Crippen molar-refractivity contribution >= 4 is 5.97 Å². The Kier molecular flexibility index (Phi) is 3.82. The second-order valence-corrected chi connectivity index (χ2v) is 3.19. The maximum atomic E-state index is 10.7. The molecule has 1 heterocycles. The van der Waals surface area contributed by atoms with Gasteiger partial charge in [-0.15, -0.1) is 0 Å². The lowest BCUT2D eigenvalue weighted by Crippen LogP contribution is -2.51. The molecule has 0 bridgehead atoms. The quantitative estimate of drug-likeness (QED) is 0.470. The van der Waals surface area contributed by atoms with Gasteiger partial charge in [0.25, 0.3) is 0 Å². The van der Waals surface area contributed by atoms with Gasteiger partial charge in [-0.3, -0.25) is 4.79 Å². The summed E-state index contributed by atoms with van der Waals surface area (Å²) in [5.41, 5.74) is 0. The van der Waals surface area contributed by atoms with Gasteiger partial charge >= 0.3 is 5.97 Å². The molecular formula is C8H14O6. The molecule has 6 nitrogen and oxygen atoms in total. The van der Waals surface area contributed by atoms with E-state index < -0.39 is 37.2 Å². The molecule has 6 heteroatoms. The molecular weight excluding hydrogens is 192 g/mol. The topological polar surface area (TPSA) is 96.2 Å². The van der Waals surface area contributed by atoms with E-state index in [2.05, 4.69) is 0 Å². The first-order chi connectivity index (χ1) is 6.54. The Hall–Kier alpha value is -0.690. The Bertz CT molecular complexity index is 206. The highest BCUT2D eigenvalue weighted by Crippen LogP contribution is 2.21. The van der Waals surface area contributed by atoms with Crippen LogP contribution in [-0.2, 0) is 14.3 Å². The summed E-state index contributed by atoms with van der Waals surface area (Å²) in [4.78, 5) is 10.7. The molecule has 0 aromatic heterocycles. The fourth-order valence-electron chi connectivity index (χ4n) is 1.42. The predicted molar refractivity (Wildman–Crippen MR) is 44.1 cm³/mol. The highest BCUT2D eigenvalue weighted by atomic mass is 16.6. The fraction of sp³-hybridized carbons (Fsp3) is 0.875. The van der Waals surface area contributed by atoms with Crippen LogP contribution in [0.2, 0.25) is 0 Å². The van der Waals surface area contributed by atoms with Gasteiger partial charge in [0.1, 0.15) is 6.10 Å². The van der Waals surface area contributed by atoms with Crippen LogP contribution in [0.1, 0.15) is 13.3 Å². The number of rotatable bonds is 2. The molecule has 0 saturated carbocycles. The summed E-state index contributed by atoms with van der Waals surface area (Å²) in [6, 6.07) is 0. The second kappa shape index (κ2) is 4.70. The zero-order valence-corrected chi connectivity index (χ0v) is 7.79. The normalized spacial score (nSPS) is 38.0. The van der Waals surface area contributed by atoms with Crippen molar-refractivity contribution < 1.29 is 29.6 Å². The number of hydrogen-bond donors (Lipinski definition) is 3. The third-order valence-corrected chi connectivity index (χ3v) is 2.00. The summed E-state index contributed by atoms with van der Waals surface area (Å²) in [5.74, 6) is -0.563. The van der Waals surface area contributed by atoms with Crippen molar-refractivity contribution in [2.75, 3.05) is 6.61 Å². The van der Waals surface area contributed by atoms with Crippen LogP contribution in [-0.4, -0.2) is 52.5 Å². The minimum Gasteiger partial charge on any atom is -0.457 e. The predicted octanol–water partition coefficient (Wildman–Crippen LogP) is -1.62. The fourth-order valence-corrected chi connectivity index (χ4v) is 1.42. The van der Waals surface area contributed by atoms with Gasteiger partial charge in [-0.25, -0.2) is 0 Å². The number of hydrogen-bond acceptors (Lipinski definition) is 6. The van der Waals surface area contributed by atoms with Crippen LogP contribution < -0.4 is 0 Å². The van der Waals surface area contributed by atoms with Crippen LogP contribution in [0.4, 0.5) is 0 Å². The minimum atomic E-state index is -1.13. The summed E-state index contributed by atoms with van der Waals surface area (Å²) < 4.78 is 9.66. The highest BCUT2D eigenvalue weighted by Gasteiger charge is 2.39. The molecule has 4 atom stereocenters. The summed E-state index contributed by atoms with van der Waals surface area (Å²) in [6.07, 6.45) is -3.97. The van der Waals surface area contributed by atoms with Gasteiger partial charge in [-0.05, 0) is 0 Å². The van der Waals surface area contributed by atoms with E-state index in [1.54, 1.807) is 0 Å². The maximum Gasteiger partial charge on any atom is 0.303 e. The number of carbonyl (C=O) groups excluding carboxylic acids is 1. The Morgan fingerprint density at radius 3 is 2.71 bits per heavy atom. The van der Waals surface area contributed by atoms with E-state index in [-0.39, 0.29) is 6.42 Å². The molecule has 0 aromatic carbocycles. The van der Waals surface area contributed by atoms with Gasteiger partial charge in [0.2, 0.25) is 0 Å². The molecule has 0 spiro atoms. The Morgan fingerprint density at radius 1 is 1.57 bits per heavy atom. The first-order valence-electron chi connectivity index (χ1n) is 4.34. The molecule has 14 heavy (non-hydrogen) atoms. The van der Waals surface area contributed by atoms with Crippen molar-refractivity contribution in [2.24, 2.45) is 0 Å². The molecule has 3 N–H and O–H groups in total. The lowest BCUT2D eigenvalue weighted by Gasteiger charge is -2.36. The van der Waals surface area contributed by atoms with Gasteiger partial charge in [0.05, 0.1) is 12.7 Å². The monoisotopic (exact) mass is 206 g/mol. The number of aliphatic hydroxyl groups excluding tert-OH is 3. The Morgan fingerprint density at radius 2 is 2.21 bits per heavy atom. The van der Waals surface area contributed by atoms with Gasteiger partial charge in [-0.1, -0.05) is 0 Å². The number of aliphatic hydroxyl groups is 3. The van der Waals surface area contributed by atoms with Crippen LogP contribution in [0.25, 0.3) is 0 Å². The SMILES string of the molecule is CC(=O)OC1C(O)CC(O)OC1CO. The average molecular weight is 206 g/mol. The van der Waals surface area contributed by atoms with E-state index in [0.717, 1.165) is 0 Å². The van der Waals surface area contributed by atoms with Crippen LogP contribution in [0, 0.1) is 0 Å². The first-order valence-corrected chi connectivity index (χ1v) is 4.34. The zero-order chi connectivity index (χ0) is 10.7. The third-order valence-electron chi connectivity index (χ3n) is 2.00. The van der Waals surface area contributed by atoms with E-state index in [4.69, 9.17) is 19.7 Å². The van der Waals surface area contributed by atoms with Crippen LogP contribution in [0.5, 0.6) is 0 Å². The van der Waals surface area contributed by atoms with E-state index in [1.165, 1.54) is 6.92 Å². The standard InChI is InChI=1S/C8H14O6/c1-4(10)13-8-5(11)2-7(12)14-6(8)3-9/h5-9,11-12H,2-3H2,1H3. The van der Waals surface area contributed by atoms with Gasteiger partial charge in [-0.2, -0.15) is 0 Å². The molecule has 1 aliphatic rings. The molecule has 0 radical (unpaired) electrons. The average Bonchev–Trinajstić information content (AvgIpc) is 2.08. The first kappa shape index (κ1) is 11.4. The lowest BCUT2D eigenvalue weighted by atomic mass is 10.0. The van der Waals surface area contributed by atoms with Crippen molar-refractivity contribution in [3.8, 4) is 0 Å². The van der Waals surface area contributed by atoms with Crippen molar-refractivity contribution in [3.63, 3.8) is 0 Å². The molecule has 1 saturated heterocycles. The molecule has 1 fully saturated rings. The zero-order valence-electron chi connectivity index (χ0n) is 7.79. The maximum absolute atomic E-state index is 10.7. The third kappa shape index (κ3) is 2.65. The van der Waals surface area contributed by atoms with Crippen molar-refractivity contribution in [3.05, 3.63) is 0 Å². The van der Waals surface area contributed by atoms with E-state index in [0.29, 0.717) is 0 Å². The summed E-state index contributed by atoms with van der Waals surface area (Å²) in [7, 11) is 0. The highest BCUT2D eigenvalue weighted by molar-refractivity contribution is 5.66. The number of carbonyl (C=O) groups is 1. The van der Waals surface area contributed by atoms with Crippen LogP contribution in [0.3, 0.4) is 0 Å². The smallest absolute Gasteiger partial charge is 0.303 e. The molecule has 82 valence electrons. The van der Waals surface area contributed by atoms with Crippen LogP contribution in [0.15, 0.2) is 0 Å². The van der Waals surface area contributed by atoms with Crippen molar-refractivity contribution in [2.45, 2.75) is 37.9 Å². The summed E-state index contributed by atoms with van der Waals surface area (Å²) in [5, 5.41) is 27.4. The van der Waals surface area contributed by atoms with E-state index in [1.807, 2.05) is 0 Å². The molecule has 1 aliphatic heterocycles. The lowest BCUT2D eigenvalue weighted by molar-refractivity contribution is -0.246. The molecule has 4 unspecified atom stereocenters. The number of ether oxygens (including phenoxy) is 2. The van der Waals surface area contributed by atoms with Crippen LogP contribution >= 0.6 is 0 Å². The molecule has 0 aromatic rings. The van der Waals surface area contributed by atoms with E-state index in [9.17, 15) is 9.90 Å². The summed E-state index contributed by atoms with van der Waals surface area (Å²) in [6.45, 7) is 0.776.